The number of sulfonamides is 1. The summed E-state index contributed by atoms with van der Waals surface area (Å²) in [6.07, 6.45) is 1.33. The molecule has 11 heteroatoms. The van der Waals surface area contributed by atoms with E-state index < -0.39 is 28.5 Å². The van der Waals surface area contributed by atoms with Crippen LogP contribution in [0.5, 0.6) is 0 Å². The van der Waals surface area contributed by atoms with Crippen LogP contribution in [0.4, 0.5) is 5.69 Å². The molecule has 0 heterocycles. The first kappa shape index (κ1) is 28.2. The third kappa shape index (κ3) is 7.77. The maximum atomic E-state index is 13.5. The van der Waals surface area contributed by atoms with Crippen LogP contribution in [-0.2, 0) is 26.2 Å². The van der Waals surface area contributed by atoms with E-state index in [1.807, 2.05) is 13.8 Å². The fourth-order valence-corrected chi connectivity index (χ4v) is 4.60. The highest BCUT2D eigenvalue weighted by atomic mass is 35.5. The topological polar surface area (TPSA) is 86.8 Å². The number of carbonyl (C=O) groups is 2. The van der Waals surface area contributed by atoms with Gasteiger partial charge in [-0.1, -0.05) is 53.9 Å². The van der Waals surface area contributed by atoms with Gasteiger partial charge in [-0.15, -0.1) is 0 Å². The molecule has 0 unspecified atom stereocenters. The summed E-state index contributed by atoms with van der Waals surface area (Å²) in [5.74, 6) is -0.863. The van der Waals surface area contributed by atoms with E-state index in [0.29, 0.717) is 11.4 Å². The molecule has 2 rings (SSSR count). The van der Waals surface area contributed by atoms with Crippen molar-refractivity contribution in [3.8, 4) is 0 Å². The van der Waals surface area contributed by atoms with Gasteiger partial charge in [0.25, 0.3) is 0 Å². The van der Waals surface area contributed by atoms with Crippen molar-refractivity contribution < 1.29 is 18.0 Å². The van der Waals surface area contributed by atoms with E-state index in [-0.39, 0.29) is 34.2 Å². The third-order valence-corrected chi connectivity index (χ3v) is 7.08. The summed E-state index contributed by atoms with van der Waals surface area (Å²) in [6, 6.07) is 10.3. The molecule has 34 heavy (non-hydrogen) atoms. The average molecular weight is 549 g/mol. The molecule has 1 atom stereocenters. The van der Waals surface area contributed by atoms with Crippen molar-refractivity contribution in [1.29, 1.82) is 0 Å². The lowest BCUT2D eigenvalue weighted by Crippen LogP contribution is -2.53. The third-order valence-electron chi connectivity index (χ3n) is 4.95. The monoisotopic (exact) mass is 547 g/mol. The minimum absolute atomic E-state index is 0.0962. The maximum Gasteiger partial charge on any atom is 0.244 e. The Labute approximate surface area is 216 Å². The van der Waals surface area contributed by atoms with E-state index in [1.165, 1.54) is 23.1 Å². The molecule has 0 aromatic heterocycles. The fraction of sp³-hybridized carbons (Fsp3) is 0.391. The summed E-state index contributed by atoms with van der Waals surface area (Å²) in [5, 5.41) is 3.78. The zero-order valence-electron chi connectivity index (χ0n) is 19.4. The molecule has 7 nitrogen and oxygen atoms in total. The van der Waals surface area contributed by atoms with Crippen LogP contribution in [0, 0.1) is 0 Å². The van der Waals surface area contributed by atoms with Gasteiger partial charge in [-0.2, -0.15) is 0 Å². The highest BCUT2D eigenvalue weighted by Gasteiger charge is 2.32. The van der Waals surface area contributed by atoms with Crippen molar-refractivity contribution in [2.24, 2.45) is 0 Å². The molecule has 0 saturated heterocycles. The Hall–Kier alpha value is -2.00. The summed E-state index contributed by atoms with van der Waals surface area (Å²) in [5.41, 5.74) is 0.936. The van der Waals surface area contributed by atoms with Gasteiger partial charge >= 0.3 is 0 Å². The molecule has 1 N–H and O–H groups in total. The Morgan fingerprint density at radius 1 is 1.00 bits per heavy atom. The number of hydrogen-bond acceptors (Lipinski definition) is 4. The van der Waals surface area contributed by atoms with Crippen LogP contribution >= 0.6 is 34.8 Å². The van der Waals surface area contributed by atoms with Crippen LogP contribution in [-0.4, -0.2) is 50.0 Å². The number of hydrogen-bond donors (Lipinski definition) is 1. The summed E-state index contributed by atoms with van der Waals surface area (Å²) in [7, 11) is -3.86. The highest BCUT2D eigenvalue weighted by molar-refractivity contribution is 7.92. The first-order valence-electron chi connectivity index (χ1n) is 10.6. The highest BCUT2D eigenvalue weighted by Crippen LogP contribution is 2.28. The first-order chi connectivity index (χ1) is 15.8. The zero-order chi connectivity index (χ0) is 25.6. The molecular weight excluding hydrogens is 521 g/mol. The van der Waals surface area contributed by atoms with Crippen LogP contribution in [0.2, 0.25) is 15.1 Å². The van der Waals surface area contributed by atoms with E-state index in [0.717, 1.165) is 16.1 Å². The first-order valence-corrected chi connectivity index (χ1v) is 13.6. The number of rotatable bonds is 10. The van der Waals surface area contributed by atoms with Gasteiger partial charge in [-0.3, -0.25) is 13.9 Å². The Bertz CT molecular complexity index is 1120. The lowest BCUT2D eigenvalue weighted by molar-refractivity contribution is -0.140. The number of amides is 2. The molecule has 2 aromatic rings. The van der Waals surface area contributed by atoms with Crippen LogP contribution in [0.15, 0.2) is 42.5 Å². The minimum atomic E-state index is -3.86. The molecule has 0 radical (unpaired) electrons. The van der Waals surface area contributed by atoms with Gasteiger partial charge in [0.05, 0.1) is 22.0 Å². The Balaban J connectivity index is 2.45. The van der Waals surface area contributed by atoms with Crippen molar-refractivity contribution in [2.75, 3.05) is 17.1 Å². The van der Waals surface area contributed by atoms with Crippen molar-refractivity contribution >= 4 is 62.3 Å². The number of benzene rings is 2. The fourth-order valence-electron chi connectivity index (χ4n) is 3.34. The summed E-state index contributed by atoms with van der Waals surface area (Å²) < 4.78 is 26.1. The van der Waals surface area contributed by atoms with E-state index in [4.69, 9.17) is 34.8 Å². The quantitative estimate of drug-likeness (QED) is 0.464. The van der Waals surface area contributed by atoms with Crippen LogP contribution in [0.1, 0.15) is 32.8 Å². The van der Waals surface area contributed by atoms with Crippen molar-refractivity contribution in [3.05, 3.63) is 63.1 Å². The summed E-state index contributed by atoms with van der Waals surface area (Å²) >= 11 is 18.0. The van der Waals surface area contributed by atoms with Gasteiger partial charge in [-0.05, 0) is 56.2 Å². The molecule has 0 spiro atoms. The van der Waals surface area contributed by atoms with Crippen molar-refractivity contribution in [3.63, 3.8) is 0 Å². The molecule has 2 amide bonds. The second kappa shape index (κ2) is 12.1. The molecule has 0 bridgehead atoms. The predicted octanol–water partition coefficient (Wildman–Crippen LogP) is 4.74. The minimum Gasteiger partial charge on any atom is -0.352 e. The van der Waals surface area contributed by atoms with Crippen molar-refractivity contribution in [1.82, 2.24) is 10.2 Å². The van der Waals surface area contributed by atoms with Gasteiger partial charge in [0.1, 0.15) is 12.6 Å². The normalized spacial score (nSPS) is 12.4. The number of nitrogens with zero attached hydrogens (tertiary/aromatic N) is 2. The van der Waals surface area contributed by atoms with E-state index >= 15 is 0 Å². The van der Waals surface area contributed by atoms with Gasteiger partial charge in [0.15, 0.2) is 0 Å². The standard InChI is InChI=1S/C23H28Cl3N3O4S/c1-5-21(23(31)27-15(2)3)28(13-16-6-8-17(24)9-7-16)22(30)14-29(34(4,32)33)18-10-11-19(25)20(26)12-18/h6-12,15,21H,5,13-14H2,1-4H3,(H,27,31)/t21-/m1/s1. The molecule has 0 aliphatic rings. The molecule has 0 fully saturated rings. The largest absolute Gasteiger partial charge is 0.352 e. The molecule has 0 aliphatic carbocycles. The van der Waals surface area contributed by atoms with E-state index in [1.54, 1.807) is 31.2 Å². The number of halogens is 3. The molecule has 0 saturated carbocycles. The predicted molar refractivity (Wildman–Crippen MR) is 138 cm³/mol. The number of nitrogens with one attached hydrogen (secondary N) is 1. The lowest BCUT2D eigenvalue weighted by atomic mass is 10.1. The van der Waals surface area contributed by atoms with Crippen molar-refractivity contribution in [2.45, 2.75) is 45.8 Å². The number of carbonyl (C=O) groups excluding carboxylic acids is 2. The molecule has 2 aromatic carbocycles. The molecule has 0 aliphatic heterocycles. The van der Waals surface area contributed by atoms with Crippen LogP contribution in [0.3, 0.4) is 0 Å². The summed E-state index contributed by atoms with van der Waals surface area (Å²) in [4.78, 5) is 27.8. The molecular formula is C23H28Cl3N3O4S. The van der Waals surface area contributed by atoms with E-state index in [2.05, 4.69) is 5.32 Å². The summed E-state index contributed by atoms with van der Waals surface area (Å²) in [6.45, 7) is 5.02. The SMILES string of the molecule is CC[C@H](C(=O)NC(C)C)N(Cc1ccc(Cl)cc1)C(=O)CN(c1ccc(Cl)c(Cl)c1)S(C)(=O)=O. The smallest absolute Gasteiger partial charge is 0.244 e. The molecule has 186 valence electrons. The second-order valence-electron chi connectivity index (χ2n) is 8.10. The van der Waals surface area contributed by atoms with Crippen LogP contribution < -0.4 is 9.62 Å². The Kier molecular flexibility index (Phi) is 10.1. The van der Waals surface area contributed by atoms with Gasteiger partial charge in [0.2, 0.25) is 21.8 Å². The average Bonchev–Trinajstić information content (AvgIpc) is 2.74. The van der Waals surface area contributed by atoms with Gasteiger partial charge in [0, 0.05) is 17.6 Å². The van der Waals surface area contributed by atoms with E-state index in [9.17, 15) is 18.0 Å². The number of anilines is 1. The van der Waals surface area contributed by atoms with Crippen LogP contribution in [0.25, 0.3) is 0 Å². The Morgan fingerprint density at radius 2 is 1.62 bits per heavy atom. The lowest BCUT2D eigenvalue weighted by Gasteiger charge is -2.33. The zero-order valence-corrected chi connectivity index (χ0v) is 22.5. The van der Waals surface area contributed by atoms with Gasteiger partial charge < -0.3 is 10.2 Å². The second-order valence-corrected chi connectivity index (χ2v) is 11.3. The maximum absolute atomic E-state index is 13.5. The Morgan fingerprint density at radius 3 is 2.12 bits per heavy atom. The van der Waals surface area contributed by atoms with Gasteiger partial charge in [-0.25, -0.2) is 8.42 Å².